The zero-order chi connectivity index (χ0) is 18.7. The first-order valence-corrected chi connectivity index (χ1v) is 11.9. The topological polar surface area (TPSA) is 54.0 Å². The minimum atomic E-state index is -3.43. The van der Waals surface area contributed by atoms with Crippen LogP contribution < -0.4 is 4.74 Å². The van der Waals surface area contributed by atoms with Crippen LogP contribution >= 0.6 is 7.60 Å². The highest BCUT2D eigenvalue weighted by molar-refractivity contribution is 7.54. The van der Waals surface area contributed by atoms with Crippen molar-refractivity contribution in [3.8, 4) is 5.75 Å². The molecule has 24 heavy (non-hydrogen) atoms. The highest BCUT2D eigenvalue weighted by Gasteiger charge is 2.38. The van der Waals surface area contributed by atoms with Crippen LogP contribution in [0.3, 0.4) is 0 Å². The second kappa shape index (κ2) is 8.15. The van der Waals surface area contributed by atoms with Crippen molar-refractivity contribution >= 4 is 16.6 Å². The van der Waals surface area contributed by atoms with Gasteiger partial charge in [0.05, 0.1) is 7.11 Å². The van der Waals surface area contributed by atoms with E-state index in [1.165, 1.54) is 14.2 Å². The van der Waals surface area contributed by atoms with Gasteiger partial charge in [-0.2, -0.15) is 0 Å². The van der Waals surface area contributed by atoms with Crippen LogP contribution in [0.15, 0.2) is 12.1 Å². The first kappa shape index (κ1) is 21.4. The molecule has 0 aromatic heterocycles. The van der Waals surface area contributed by atoms with Gasteiger partial charge in [0, 0.05) is 19.8 Å². The van der Waals surface area contributed by atoms with E-state index >= 15 is 0 Å². The minimum Gasteiger partial charge on any atom is -0.496 e. The number of ether oxygens (including phenoxy) is 1. The largest absolute Gasteiger partial charge is 0.496 e. The summed E-state index contributed by atoms with van der Waals surface area (Å²) < 4.78 is 35.0. The van der Waals surface area contributed by atoms with Crippen LogP contribution in [0.2, 0.25) is 13.1 Å². The molecule has 1 unspecified atom stereocenters. The molecule has 1 radical (unpaired) electrons. The SMILES string of the molecule is COc1cc(C(O[Si](C)C)P(=O)(OC)OC)cc(C)c1C(C)(C)C. The van der Waals surface area contributed by atoms with Gasteiger partial charge in [0.25, 0.3) is 0 Å². The van der Waals surface area contributed by atoms with Crippen LogP contribution in [-0.4, -0.2) is 30.4 Å². The molecule has 137 valence electrons. The van der Waals surface area contributed by atoms with Gasteiger partial charge in [0.1, 0.15) is 5.75 Å². The van der Waals surface area contributed by atoms with Gasteiger partial charge >= 0.3 is 7.60 Å². The summed E-state index contributed by atoms with van der Waals surface area (Å²) in [5.74, 6) is -0.0103. The van der Waals surface area contributed by atoms with E-state index in [0.717, 1.165) is 22.4 Å². The first-order valence-electron chi connectivity index (χ1n) is 7.87. The molecule has 0 spiro atoms. The Labute approximate surface area is 147 Å². The van der Waals surface area contributed by atoms with Crippen LogP contribution in [-0.2, 0) is 23.5 Å². The summed E-state index contributed by atoms with van der Waals surface area (Å²) in [6.07, 6.45) is 0. The standard InChI is InChI=1S/C17H30O5PSi/c1-12-10-13(11-14(19-5)15(12)17(2,3)4)16(22-24(8)9)23(18,20-6)21-7/h10-11,16H,1-9H3. The smallest absolute Gasteiger partial charge is 0.362 e. The molecular formula is C17H30O5PSi. The molecule has 1 rings (SSSR count). The Balaban J connectivity index is 3.56. The van der Waals surface area contributed by atoms with Crippen LogP contribution in [0.4, 0.5) is 0 Å². The summed E-state index contributed by atoms with van der Waals surface area (Å²) in [6, 6.07) is 3.87. The Morgan fingerprint density at radius 1 is 1.08 bits per heavy atom. The van der Waals surface area contributed by atoms with Crippen molar-refractivity contribution in [3.63, 3.8) is 0 Å². The van der Waals surface area contributed by atoms with E-state index in [4.69, 9.17) is 18.2 Å². The summed E-state index contributed by atoms with van der Waals surface area (Å²) in [4.78, 5) is 0. The minimum absolute atomic E-state index is 0.0685. The molecule has 0 aliphatic rings. The highest BCUT2D eigenvalue weighted by Crippen LogP contribution is 2.61. The van der Waals surface area contributed by atoms with Crippen molar-refractivity contribution in [1.82, 2.24) is 0 Å². The maximum Gasteiger partial charge on any atom is 0.362 e. The fraction of sp³-hybridized carbons (Fsp3) is 0.647. The van der Waals surface area contributed by atoms with Crippen LogP contribution in [0.5, 0.6) is 5.75 Å². The third kappa shape index (κ3) is 4.70. The summed E-state index contributed by atoms with van der Waals surface area (Å²) in [5, 5.41) is 0. The third-order valence-corrected chi connectivity index (χ3v) is 6.62. The quantitative estimate of drug-likeness (QED) is 0.494. The molecule has 0 saturated heterocycles. The molecule has 0 fully saturated rings. The normalized spacial score (nSPS) is 14.1. The lowest BCUT2D eigenvalue weighted by Gasteiger charge is -2.29. The average molecular weight is 373 g/mol. The van der Waals surface area contributed by atoms with Crippen molar-refractivity contribution in [2.45, 2.75) is 52.0 Å². The molecule has 0 aliphatic carbocycles. The van der Waals surface area contributed by atoms with Gasteiger partial charge in [0.15, 0.2) is 5.85 Å². The lowest BCUT2D eigenvalue weighted by Crippen LogP contribution is -2.18. The van der Waals surface area contributed by atoms with E-state index in [-0.39, 0.29) is 5.41 Å². The molecule has 5 nitrogen and oxygen atoms in total. The molecule has 1 atom stereocenters. The Morgan fingerprint density at radius 2 is 1.62 bits per heavy atom. The second-order valence-electron chi connectivity index (χ2n) is 6.95. The molecular weight excluding hydrogens is 343 g/mol. The van der Waals surface area contributed by atoms with E-state index in [1.807, 2.05) is 32.2 Å². The van der Waals surface area contributed by atoms with E-state index in [1.54, 1.807) is 7.11 Å². The number of hydrogen-bond acceptors (Lipinski definition) is 5. The lowest BCUT2D eigenvalue weighted by atomic mass is 9.82. The summed E-state index contributed by atoms with van der Waals surface area (Å²) >= 11 is 0. The Hall–Kier alpha value is -0.653. The second-order valence-corrected chi connectivity index (χ2v) is 11.3. The van der Waals surface area contributed by atoms with Crippen LogP contribution in [0.25, 0.3) is 0 Å². The Morgan fingerprint density at radius 3 is 2.00 bits per heavy atom. The van der Waals surface area contributed by atoms with Crippen LogP contribution in [0, 0.1) is 6.92 Å². The van der Waals surface area contributed by atoms with Crippen molar-refractivity contribution in [2.75, 3.05) is 21.3 Å². The predicted molar refractivity (Wildman–Crippen MR) is 99.4 cm³/mol. The van der Waals surface area contributed by atoms with E-state index in [2.05, 4.69) is 20.8 Å². The van der Waals surface area contributed by atoms with Crippen LogP contribution in [0.1, 0.15) is 43.3 Å². The number of rotatable bonds is 7. The number of hydrogen-bond donors (Lipinski definition) is 0. The first-order chi connectivity index (χ1) is 11.0. The maximum atomic E-state index is 13.0. The van der Waals surface area contributed by atoms with Gasteiger partial charge in [-0.05, 0) is 42.6 Å². The molecule has 0 amide bonds. The Bertz CT molecular complexity index is 602. The van der Waals surface area contributed by atoms with Crippen molar-refractivity contribution in [1.29, 1.82) is 0 Å². The van der Waals surface area contributed by atoms with Gasteiger partial charge in [0.2, 0.25) is 9.04 Å². The number of methoxy groups -OCH3 is 1. The molecule has 0 bridgehead atoms. The summed E-state index contributed by atoms with van der Waals surface area (Å²) in [7, 11) is -0.145. The lowest BCUT2D eigenvalue weighted by molar-refractivity contribution is 0.192. The van der Waals surface area contributed by atoms with Crippen molar-refractivity contribution < 1.29 is 22.8 Å². The van der Waals surface area contributed by atoms with Crippen molar-refractivity contribution in [2.24, 2.45) is 0 Å². The number of aryl methyl sites for hydroxylation is 1. The van der Waals surface area contributed by atoms with Crippen molar-refractivity contribution in [3.05, 3.63) is 28.8 Å². The molecule has 0 aliphatic heterocycles. The molecule has 7 heteroatoms. The molecule has 0 heterocycles. The van der Waals surface area contributed by atoms with Gasteiger partial charge in [-0.1, -0.05) is 26.8 Å². The molecule has 0 saturated carbocycles. The third-order valence-electron chi connectivity index (χ3n) is 3.72. The number of benzene rings is 1. The zero-order valence-electron chi connectivity index (χ0n) is 16.2. The molecule has 0 N–H and O–H groups in total. The van der Waals surface area contributed by atoms with Gasteiger partial charge in [-0.15, -0.1) is 0 Å². The predicted octanol–water partition coefficient (Wildman–Crippen LogP) is 5.05. The van der Waals surface area contributed by atoms with E-state index < -0.39 is 22.5 Å². The Kier molecular flexibility index (Phi) is 7.26. The zero-order valence-corrected chi connectivity index (χ0v) is 18.1. The summed E-state index contributed by atoms with van der Waals surface area (Å²) in [5.41, 5.74) is 2.86. The fourth-order valence-electron chi connectivity index (χ4n) is 2.85. The summed E-state index contributed by atoms with van der Waals surface area (Å²) in [6.45, 7) is 12.4. The van der Waals surface area contributed by atoms with E-state index in [9.17, 15) is 4.57 Å². The van der Waals surface area contributed by atoms with Gasteiger partial charge in [-0.3, -0.25) is 4.57 Å². The average Bonchev–Trinajstić information content (AvgIpc) is 2.49. The monoisotopic (exact) mass is 373 g/mol. The van der Waals surface area contributed by atoms with Gasteiger partial charge in [-0.25, -0.2) is 0 Å². The molecule has 1 aromatic rings. The van der Waals surface area contributed by atoms with E-state index in [0.29, 0.717) is 0 Å². The fourth-order valence-corrected chi connectivity index (χ4v) is 5.63. The highest BCUT2D eigenvalue weighted by atomic mass is 31.2. The molecule has 1 aromatic carbocycles. The maximum absolute atomic E-state index is 13.0. The van der Waals surface area contributed by atoms with Gasteiger partial charge < -0.3 is 18.2 Å².